The zero-order valence-electron chi connectivity index (χ0n) is 14.3. The minimum atomic E-state index is -1.68. The lowest BCUT2D eigenvalue weighted by molar-refractivity contribution is 0.0138. The molecule has 1 aromatic carbocycles. The molecule has 132 valence electrons. The van der Waals surface area contributed by atoms with Crippen LogP contribution >= 0.6 is 0 Å². The van der Waals surface area contributed by atoms with Crippen LogP contribution in [-0.4, -0.2) is 64.8 Å². The third-order valence-electron chi connectivity index (χ3n) is 3.79. The number of carbonyl (C=O) groups is 1. The van der Waals surface area contributed by atoms with E-state index in [1.54, 1.807) is 11.0 Å². The van der Waals surface area contributed by atoms with Crippen molar-refractivity contribution in [1.29, 1.82) is 0 Å². The molecule has 0 unspecified atom stereocenters. The van der Waals surface area contributed by atoms with Gasteiger partial charge in [-0.1, -0.05) is 12.1 Å². The first-order valence-electron chi connectivity index (χ1n) is 8.00. The molecule has 0 aliphatic carbocycles. The number of hydrogen-bond donors (Lipinski definition) is 2. The lowest BCUT2D eigenvalue weighted by atomic mass is 9.80. The predicted octanol–water partition coefficient (Wildman–Crippen LogP) is 0.558. The van der Waals surface area contributed by atoms with E-state index in [-0.39, 0.29) is 11.6 Å². The number of hydrogen-bond acceptors (Lipinski definition) is 5. The van der Waals surface area contributed by atoms with Gasteiger partial charge >= 0.3 is 13.2 Å². The quantitative estimate of drug-likeness (QED) is 0.788. The summed E-state index contributed by atoms with van der Waals surface area (Å²) in [6.45, 7) is 8.22. The Morgan fingerprint density at radius 2 is 1.88 bits per heavy atom. The first-order valence-corrected chi connectivity index (χ1v) is 8.00. The van der Waals surface area contributed by atoms with Gasteiger partial charge < -0.3 is 19.7 Å². The van der Waals surface area contributed by atoms with Crippen molar-refractivity contribution in [2.45, 2.75) is 32.9 Å². The molecule has 0 spiro atoms. The second-order valence-corrected chi connectivity index (χ2v) is 6.97. The van der Waals surface area contributed by atoms with Gasteiger partial charge in [0.15, 0.2) is 0 Å². The third kappa shape index (κ3) is 5.19. The van der Waals surface area contributed by atoms with Crippen LogP contribution in [0.1, 0.15) is 26.3 Å². The van der Waals surface area contributed by atoms with Crippen LogP contribution < -0.4 is 5.46 Å². The van der Waals surface area contributed by atoms with Crippen LogP contribution in [0.2, 0.25) is 0 Å². The summed E-state index contributed by atoms with van der Waals surface area (Å²) in [4.78, 5) is 15.7. The molecule has 0 saturated carbocycles. The Morgan fingerprint density at radius 1 is 1.25 bits per heavy atom. The van der Waals surface area contributed by atoms with Crippen molar-refractivity contribution in [2.75, 3.05) is 26.2 Å². The fraction of sp³-hybridized carbons (Fsp3) is 0.562. The zero-order valence-corrected chi connectivity index (χ0v) is 14.3. The third-order valence-corrected chi connectivity index (χ3v) is 3.79. The van der Waals surface area contributed by atoms with Gasteiger partial charge in [-0.2, -0.15) is 0 Å². The molecular formula is C16H24BFN2O4. The van der Waals surface area contributed by atoms with E-state index in [0.29, 0.717) is 38.3 Å². The van der Waals surface area contributed by atoms with Gasteiger partial charge in [0.05, 0.1) is 0 Å². The lowest BCUT2D eigenvalue weighted by Gasteiger charge is -2.35. The molecule has 1 aromatic rings. The van der Waals surface area contributed by atoms with Crippen molar-refractivity contribution in [3.63, 3.8) is 0 Å². The summed E-state index contributed by atoms with van der Waals surface area (Å²) >= 11 is 0. The maximum Gasteiger partial charge on any atom is 0.488 e. The van der Waals surface area contributed by atoms with Gasteiger partial charge in [-0.3, -0.25) is 4.90 Å². The van der Waals surface area contributed by atoms with Crippen molar-refractivity contribution < 1.29 is 24.0 Å². The molecule has 2 rings (SSSR count). The summed E-state index contributed by atoms with van der Waals surface area (Å²) in [5.74, 6) is -0.463. The van der Waals surface area contributed by atoms with Crippen LogP contribution in [0, 0.1) is 5.82 Å². The van der Waals surface area contributed by atoms with E-state index in [1.807, 2.05) is 25.7 Å². The Bertz CT molecular complexity index is 584. The summed E-state index contributed by atoms with van der Waals surface area (Å²) in [5.41, 5.74) is 0.104. The lowest BCUT2D eigenvalue weighted by Crippen LogP contribution is -2.49. The Balaban J connectivity index is 1.88. The van der Waals surface area contributed by atoms with Crippen LogP contribution in [-0.2, 0) is 11.3 Å². The Kier molecular flexibility index (Phi) is 5.85. The average Bonchev–Trinajstić information content (AvgIpc) is 2.48. The normalized spacial score (nSPS) is 16.2. The standard InChI is InChI=1S/C16H24BFN2O4/c1-16(2,3)24-15(21)20-8-6-19(7-9-20)11-12-4-5-13(17(22)23)10-14(12)18/h4-5,10,22-23H,6-9,11H2,1-3H3. The number of halogens is 1. The molecule has 1 saturated heterocycles. The highest BCUT2D eigenvalue weighted by Gasteiger charge is 2.26. The van der Waals surface area contributed by atoms with E-state index in [0.717, 1.165) is 6.07 Å². The van der Waals surface area contributed by atoms with E-state index in [4.69, 9.17) is 14.8 Å². The summed E-state index contributed by atoms with van der Waals surface area (Å²) in [7, 11) is -1.68. The predicted molar refractivity (Wildman–Crippen MR) is 89.3 cm³/mol. The van der Waals surface area contributed by atoms with Crippen molar-refractivity contribution in [1.82, 2.24) is 9.80 Å². The second-order valence-electron chi connectivity index (χ2n) is 6.97. The van der Waals surface area contributed by atoms with Crippen LogP contribution in [0.25, 0.3) is 0 Å². The summed E-state index contributed by atoms with van der Waals surface area (Å²) in [5, 5.41) is 18.1. The largest absolute Gasteiger partial charge is 0.488 e. The fourth-order valence-electron chi connectivity index (χ4n) is 2.51. The van der Waals surface area contributed by atoms with E-state index < -0.39 is 18.5 Å². The first kappa shape index (κ1) is 18.7. The monoisotopic (exact) mass is 338 g/mol. The summed E-state index contributed by atoms with van der Waals surface area (Å²) in [6, 6.07) is 4.20. The zero-order chi connectivity index (χ0) is 17.9. The summed E-state index contributed by atoms with van der Waals surface area (Å²) < 4.78 is 19.4. The first-order chi connectivity index (χ1) is 11.2. The number of piperazine rings is 1. The molecule has 1 aliphatic rings. The molecule has 8 heteroatoms. The molecule has 0 aromatic heterocycles. The average molecular weight is 338 g/mol. The van der Waals surface area contributed by atoms with Crippen molar-refractivity contribution in [3.8, 4) is 0 Å². The molecule has 0 radical (unpaired) electrons. The van der Waals surface area contributed by atoms with Gasteiger partial charge in [0, 0.05) is 38.3 Å². The van der Waals surface area contributed by atoms with E-state index in [1.165, 1.54) is 6.07 Å². The Labute approximate surface area is 142 Å². The highest BCUT2D eigenvalue weighted by atomic mass is 19.1. The van der Waals surface area contributed by atoms with Gasteiger partial charge in [-0.15, -0.1) is 0 Å². The molecule has 1 fully saturated rings. The Hall–Kier alpha value is -1.64. The molecule has 0 bridgehead atoms. The number of benzene rings is 1. The molecule has 1 aliphatic heterocycles. The highest BCUT2D eigenvalue weighted by Crippen LogP contribution is 2.14. The topological polar surface area (TPSA) is 73.2 Å². The van der Waals surface area contributed by atoms with Crippen molar-refractivity contribution >= 4 is 18.7 Å². The van der Waals surface area contributed by atoms with Gasteiger partial charge in [0.25, 0.3) is 0 Å². The number of rotatable bonds is 3. The SMILES string of the molecule is CC(C)(C)OC(=O)N1CCN(Cc2ccc(B(O)O)cc2F)CC1. The number of amides is 1. The summed E-state index contributed by atoms with van der Waals surface area (Å²) in [6.07, 6.45) is -0.324. The van der Waals surface area contributed by atoms with E-state index >= 15 is 0 Å². The minimum Gasteiger partial charge on any atom is -0.444 e. The number of ether oxygens (including phenoxy) is 1. The second kappa shape index (κ2) is 7.50. The van der Waals surface area contributed by atoms with Crippen molar-refractivity contribution in [2.24, 2.45) is 0 Å². The molecule has 1 heterocycles. The number of nitrogens with zero attached hydrogens (tertiary/aromatic N) is 2. The fourth-order valence-corrected chi connectivity index (χ4v) is 2.51. The molecule has 2 N–H and O–H groups in total. The number of carbonyl (C=O) groups excluding carboxylic acids is 1. The smallest absolute Gasteiger partial charge is 0.444 e. The molecule has 24 heavy (non-hydrogen) atoms. The highest BCUT2D eigenvalue weighted by molar-refractivity contribution is 6.58. The van der Waals surface area contributed by atoms with Gasteiger partial charge in [-0.05, 0) is 32.3 Å². The Morgan fingerprint density at radius 3 is 2.38 bits per heavy atom. The van der Waals surface area contributed by atoms with Crippen LogP contribution in [0.3, 0.4) is 0 Å². The van der Waals surface area contributed by atoms with E-state index in [2.05, 4.69) is 0 Å². The minimum absolute atomic E-state index is 0.131. The molecule has 1 amide bonds. The van der Waals surface area contributed by atoms with Crippen molar-refractivity contribution in [3.05, 3.63) is 29.6 Å². The van der Waals surface area contributed by atoms with Gasteiger partial charge in [0.2, 0.25) is 0 Å². The maximum absolute atomic E-state index is 14.0. The molecular weight excluding hydrogens is 314 g/mol. The van der Waals surface area contributed by atoms with Gasteiger partial charge in [-0.25, -0.2) is 9.18 Å². The maximum atomic E-state index is 14.0. The van der Waals surface area contributed by atoms with Crippen LogP contribution in [0.4, 0.5) is 9.18 Å². The molecule has 6 nitrogen and oxygen atoms in total. The van der Waals surface area contributed by atoms with Crippen LogP contribution in [0.5, 0.6) is 0 Å². The van der Waals surface area contributed by atoms with E-state index in [9.17, 15) is 9.18 Å². The van der Waals surface area contributed by atoms with Crippen LogP contribution in [0.15, 0.2) is 18.2 Å². The van der Waals surface area contributed by atoms with Gasteiger partial charge in [0.1, 0.15) is 11.4 Å². The molecule has 0 atom stereocenters.